The maximum absolute atomic E-state index is 12.1. The zero-order valence-electron chi connectivity index (χ0n) is 9.73. The molecule has 5 heteroatoms. The zero-order valence-corrected chi connectivity index (χ0v) is 10.5. The second-order valence-electron chi connectivity index (χ2n) is 4.41. The van der Waals surface area contributed by atoms with E-state index in [0.29, 0.717) is 18.7 Å². The molecule has 1 amide bonds. The van der Waals surface area contributed by atoms with Crippen molar-refractivity contribution in [2.45, 2.75) is 32.7 Å². The quantitative estimate of drug-likeness (QED) is 0.810. The highest BCUT2D eigenvalue weighted by Crippen LogP contribution is 2.17. The number of amides is 1. The lowest BCUT2D eigenvalue weighted by Crippen LogP contribution is -2.46. The number of thiazole rings is 1. The van der Waals surface area contributed by atoms with Gasteiger partial charge in [0.2, 0.25) is 0 Å². The summed E-state index contributed by atoms with van der Waals surface area (Å²) in [6.07, 6.45) is 0.340. The van der Waals surface area contributed by atoms with Crippen LogP contribution in [0.3, 0.4) is 0 Å². The van der Waals surface area contributed by atoms with Gasteiger partial charge in [-0.25, -0.2) is 4.98 Å². The summed E-state index contributed by atoms with van der Waals surface area (Å²) in [6.45, 7) is 6.30. The van der Waals surface area contributed by atoms with Gasteiger partial charge in [0.1, 0.15) is 5.69 Å². The van der Waals surface area contributed by atoms with Gasteiger partial charge in [-0.05, 0) is 20.8 Å². The van der Waals surface area contributed by atoms with E-state index in [4.69, 9.17) is 5.26 Å². The summed E-state index contributed by atoms with van der Waals surface area (Å²) in [5.74, 6) is -0.107. The fourth-order valence-electron chi connectivity index (χ4n) is 1.36. The van der Waals surface area contributed by atoms with Crippen LogP contribution in [0.5, 0.6) is 0 Å². The van der Waals surface area contributed by atoms with E-state index in [9.17, 15) is 4.79 Å². The number of carbonyl (C=O) groups is 1. The lowest BCUT2D eigenvalue weighted by Gasteiger charge is -2.34. The van der Waals surface area contributed by atoms with Crippen LogP contribution in [-0.4, -0.2) is 27.9 Å². The first-order chi connectivity index (χ1) is 7.46. The minimum absolute atomic E-state index is 0.107. The van der Waals surface area contributed by atoms with Crippen LogP contribution in [0, 0.1) is 11.3 Å². The lowest BCUT2D eigenvalue weighted by atomic mass is 10.1. The number of hydrogen-bond acceptors (Lipinski definition) is 4. The van der Waals surface area contributed by atoms with E-state index >= 15 is 0 Å². The van der Waals surface area contributed by atoms with Gasteiger partial charge in [-0.15, -0.1) is 11.3 Å². The van der Waals surface area contributed by atoms with Crippen LogP contribution in [0.15, 0.2) is 10.9 Å². The van der Waals surface area contributed by atoms with Crippen LogP contribution >= 0.6 is 11.3 Å². The molecule has 4 nitrogen and oxygen atoms in total. The topological polar surface area (TPSA) is 57.0 Å². The summed E-state index contributed by atoms with van der Waals surface area (Å²) in [4.78, 5) is 17.8. The Kier molecular flexibility index (Phi) is 4.02. The molecule has 1 aromatic heterocycles. The van der Waals surface area contributed by atoms with E-state index < -0.39 is 0 Å². The van der Waals surface area contributed by atoms with Gasteiger partial charge in [0, 0.05) is 17.5 Å². The molecule has 86 valence electrons. The van der Waals surface area contributed by atoms with Gasteiger partial charge in [-0.2, -0.15) is 5.26 Å². The Labute approximate surface area is 99.5 Å². The molecule has 0 atom stereocenters. The summed E-state index contributed by atoms with van der Waals surface area (Å²) >= 11 is 1.40. The normalized spacial score (nSPS) is 10.9. The molecule has 0 aliphatic heterocycles. The molecule has 0 N–H and O–H groups in total. The predicted molar refractivity (Wildman–Crippen MR) is 63.1 cm³/mol. The minimum atomic E-state index is -0.294. The van der Waals surface area contributed by atoms with Gasteiger partial charge in [-0.3, -0.25) is 4.79 Å². The molecule has 0 radical (unpaired) electrons. The fourth-order valence-corrected chi connectivity index (χ4v) is 1.89. The standard InChI is InChI=1S/C11H15N3OS/c1-11(2,3)14(6-4-5-12)10(15)9-7-16-8-13-9/h7-8H,4,6H2,1-3H3. The van der Waals surface area contributed by atoms with Gasteiger partial charge in [0.25, 0.3) is 5.91 Å². The van der Waals surface area contributed by atoms with Crippen molar-refractivity contribution in [2.75, 3.05) is 6.54 Å². The molecule has 0 unspecified atom stereocenters. The SMILES string of the molecule is CC(C)(C)N(CCC#N)C(=O)c1cscn1. The number of hydrogen-bond donors (Lipinski definition) is 0. The summed E-state index contributed by atoms with van der Waals surface area (Å²) in [6, 6.07) is 2.06. The van der Waals surface area contributed by atoms with Crippen molar-refractivity contribution in [3.05, 3.63) is 16.6 Å². The molecule has 0 aliphatic carbocycles. The fraction of sp³-hybridized carbons (Fsp3) is 0.545. The van der Waals surface area contributed by atoms with Crippen LogP contribution in [0.1, 0.15) is 37.7 Å². The van der Waals surface area contributed by atoms with Crippen molar-refractivity contribution in [2.24, 2.45) is 0 Å². The Balaban J connectivity index is 2.86. The van der Waals surface area contributed by atoms with Gasteiger partial charge < -0.3 is 4.90 Å². The first kappa shape index (κ1) is 12.7. The Morgan fingerprint density at radius 3 is 2.75 bits per heavy atom. The van der Waals surface area contributed by atoms with Crippen molar-refractivity contribution in [3.8, 4) is 6.07 Å². The van der Waals surface area contributed by atoms with Gasteiger partial charge in [0.15, 0.2) is 0 Å². The molecule has 0 saturated carbocycles. The molecule has 0 spiro atoms. The van der Waals surface area contributed by atoms with E-state index in [-0.39, 0.29) is 11.4 Å². The predicted octanol–water partition coefficient (Wildman–Crippen LogP) is 2.30. The number of rotatable bonds is 3. The highest BCUT2D eigenvalue weighted by Gasteiger charge is 2.27. The third-order valence-corrected chi connectivity index (χ3v) is 2.74. The number of nitrogens with zero attached hydrogens (tertiary/aromatic N) is 3. The van der Waals surface area contributed by atoms with Gasteiger partial charge in [-0.1, -0.05) is 0 Å². The van der Waals surface area contributed by atoms with Crippen LogP contribution in [0.25, 0.3) is 0 Å². The largest absolute Gasteiger partial charge is 0.331 e. The lowest BCUT2D eigenvalue weighted by molar-refractivity contribution is 0.0583. The third kappa shape index (κ3) is 3.04. The zero-order chi connectivity index (χ0) is 12.2. The molecule has 0 aliphatic rings. The van der Waals surface area contributed by atoms with E-state index in [1.807, 2.05) is 20.8 Å². The molecule has 1 rings (SSSR count). The molecule has 1 heterocycles. The van der Waals surface area contributed by atoms with Crippen molar-refractivity contribution < 1.29 is 4.79 Å². The highest BCUT2D eigenvalue weighted by molar-refractivity contribution is 7.07. The molecular formula is C11H15N3OS. The van der Waals surface area contributed by atoms with Gasteiger partial charge >= 0.3 is 0 Å². The van der Waals surface area contributed by atoms with E-state index in [1.165, 1.54) is 11.3 Å². The van der Waals surface area contributed by atoms with Crippen LogP contribution < -0.4 is 0 Å². The second kappa shape index (κ2) is 5.08. The summed E-state index contributed by atoms with van der Waals surface area (Å²) in [5, 5.41) is 10.3. The van der Waals surface area contributed by atoms with Crippen molar-refractivity contribution in [3.63, 3.8) is 0 Å². The molecule has 0 saturated heterocycles. The Hall–Kier alpha value is -1.41. The molecular weight excluding hydrogens is 222 g/mol. The van der Waals surface area contributed by atoms with Crippen LogP contribution in [-0.2, 0) is 0 Å². The first-order valence-electron chi connectivity index (χ1n) is 5.04. The minimum Gasteiger partial charge on any atom is -0.331 e. The Bertz CT molecular complexity index is 386. The van der Waals surface area contributed by atoms with Gasteiger partial charge in [0.05, 0.1) is 18.0 Å². The summed E-state index contributed by atoms with van der Waals surface area (Å²) in [7, 11) is 0. The number of aromatic nitrogens is 1. The maximum atomic E-state index is 12.1. The first-order valence-corrected chi connectivity index (χ1v) is 5.98. The Morgan fingerprint density at radius 1 is 1.62 bits per heavy atom. The van der Waals surface area contributed by atoms with Crippen LogP contribution in [0.4, 0.5) is 0 Å². The average Bonchev–Trinajstić information content (AvgIpc) is 2.68. The van der Waals surface area contributed by atoms with E-state index in [0.717, 1.165) is 0 Å². The van der Waals surface area contributed by atoms with Crippen molar-refractivity contribution in [1.29, 1.82) is 5.26 Å². The number of nitriles is 1. The molecule has 0 fully saturated rings. The summed E-state index contributed by atoms with van der Waals surface area (Å²) < 4.78 is 0. The van der Waals surface area contributed by atoms with Crippen molar-refractivity contribution >= 4 is 17.2 Å². The molecule has 0 bridgehead atoms. The highest BCUT2D eigenvalue weighted by atomic mass is 32.1. The molecule has 1 aromatic rings. The Morgan fingerprint density at radius 2 is 2.31 bits per heavy atom. The average molecular weight is 237 g/mol. The van der Waals surface area contributed by atoms with E-state index in [2.05, 4.69) is 11.1 Å². The molecule has 0 aromatic carbocycles. The van der Waals surface area contributed by atoms with E-state index in [1.54, 1.807) is 15.8 Å². The monoisotopic (exact) mass is 237 g/mol. The molecule has 16 heavy (non-hydrogen) atoms. The second-order valence-corrected chi connectivity index (χ2v) is 5.13. The summed E-state index contributed by atoms with van der Waals surface area (Å²) in [5.41, 5.74) is 1.80. The maximum Gasteiger partial charge on any atom is 0.273 e. The smallest absolute Gasteiger partial charge is 0.273 e. The van der Waals surface area contributed by atoms with Crippen molar-refractivity contribution in [1.82, 2.24) is 9.88 Å². The third-order valence-electron chi connectivity index (χ3n) is 2.15. The van der Waals surface area contributed by atoms with Crippen LogP contribution in [0.2, 0.25) is 0 Å². The number of carbonyl (C=O) groups excluding carboxylic acids is 1.